The van der Waals surface area contributed by atoms with Gasteiger partial charge in [0, 0.05) is 6.54 Å². The molecule has 3 atom stereocenters. The van der Waals surface area contributed by atoms with Gasteiger partial charge in [0.15, 0.2) is 0 Å². The zero-order valence-corrected chi connectivity index (χ0v) is 16.3. The van der Waals surface area contributed by atoms with Crippen LogP contribution in [0.1, 0.15) is 42.5 Å². The summed E-state index contributed by atoms with van der Waals surface area (Å²) < 4.78 is 0. The van der Waals surface area contributed by atoms with Crippen LogP contribution in [-0.2, 0) is 4.79 Å². The van der Waals surface area contributed by atoms with Crippen molar-refractivity contribution < 1.29 is 25.1 Å². The van der Waals surface area contributed by atoms with Crippen molar-refractivity contribution in [2.75, 3.05) is 6.54 Å². The Morgan fingerprint density at radius 3 is 2.07 bits per heavy atom. The molecule has 0 bridgehead atoms. The molecule has 0 amide bonds. The minimum atomic E-state index is -1.54. The normalized spacial score (nSPS) is 15.3. The van der Waals surface area contributed by atoms with Gasteiger partial charge in [-0.05, 0) is 23.9 Å². The molecule has 0 heterocycles. The molecule has 0 saturated heterocycles. The lowest BCUT2D eigenvalue weighted by Gasteiger charge is -2.31. The number of rotatable bonds is 12. The Labute approximate surface area is 171 Å². The standard InChI is InChI=1S/C21H29BN2O5/c23-21(20(26)27,13-7-8-14-22(28)29)15-24-18(16-9-3-1-4-10-16)19(25)17-11-5-2-6-12-17/h1-6,9-12,18-19,24-25,28-29H,7-8,13-15,23H2,(H,26,27)/t18-,19-,21?/m1/s1. The average Bonchev–Trinajstić information content (AvgIpc) is 2.72. The fourth-order valence-electron chi connectivity index (χ4n) is 3.25. The van der Waals surface area contributed by atoms with Gasteiger partial charge in [-0.15, -0.1) is 0 Å². The number of hydrogen-bond acceptors (Lipinski definition) is 6. The lowest BCUT2D eigenvalue weighted by Crippen LogP contribution is -2.56. The molecule has 0 aliphatic heterocycles. The van der Waals surface area contributed by atoms with Gasteiger partial charge in [0.05, 0.1) is 12.1 Å². The highest BCUT2D eigenvalue weighted by Crippen LogP contribution is 2.29. The van der Waals surface area contributed by atoms with E-state index in [2.05, 4.69) is 5.32 Å². The van der Waals surface area contributed by atoms with Crippen LogP contribution in [0.15, 0.2) is 60.7 Å². The number of aliphatic hydroxyl groups excluding tert-OH is 1. The van der Waals surface area contributed by atoms with Gasteiger partial charge in [-0.1, -0.05) is 73.5 Å². The minimum absolute atomic E-state index is 0.0481. The topological polar surface area (TPSA) is 136 Å². The molecule has 8 heteroatoms. The van der Waals surface area contributed by atoms with E-state index in [4.69, 9.17) is 15.8 Å². The van der Waals surface area contributed by atoms with Gasteiger partial charge in [-0.2, -0.15) is 0 Å². The van der Waals surface area contributed by atoms with E-state index in [1.165, 1.54) is 0 Å². The zero-order valence-electron chi connectivity index (χ0n) is 16.3. The Kier molecular flexibility index (Phi) is 8.82. The molecule has 7 N–H and O–H groups in total. The lowest BCUT2D eigenvalue weighted by atomic mass is 9.82. The summed E-state index contributed by atoms with van der Waals surface area (Å²) in [6, 6.07) is 17.9. The van der Waals surface area contributed by atoms with E-state index in [0.717, 1.165) is 5.56 Å². The van der Waals surface area contributed by atoms with E-state index >= 15 is 0 Å². The van der Waals surface area contributed by atoms with Crippen LogP contribution in [0.25, 0.3) is 0 Å². The highest BCUT2D eigenvalue weighted by molar-refractivity contribution is 6.40. The van der Waals surface area contributed by atoms with Crippen molar-refractivity contribution in [1.82, 2.24) is 5.32 Å². The Hall–Kier alpha value is -2.23. The molecule has 2 aromatic rings. The fourth-order valence-corrected chi connectivity index (χ4v) is 3.25. The highest BCUT2D eigenvalue weighted by Gasteiger charge is 2.35. The van der Waals surface area contributed by atoms with Crippen molar-refractivity contribution in [3.05, 3.63) is 71.8 Å². The predicted molar refractivity (Wildman–Crippen MR) is 112 cm³/mol. The monoisotopic (exact) mass is 400 g/mol. The number of carbonyl (C=O) groups is 1. The van der Waals surface area contributed by atoms with Gasteiger partial charge in [-0.25, -0.2) is 0 Å². The summed E-state index contributed by atoms with van der Waals surface area (Å²) in [7, 11) is -1.41. The number of hydrogen-bond donors (Lipinski definition) is 6. The molecule has 0 aliphatic carbocycles. The van der Waals surface area contributed by atoms with Crippen LogP contribution in [0.5, 0.6) is 0 Å². The third-order valence-corrected chi connectivity index (χ3v) is 5.01. The first kappa shape index (κ1) is 23.1. The maximum atomic E-state index is 11.8. The van der Waals surface area contributed by atoms with E-state index in [0.29, 0.717) is 18.4 Å². The van der Waals surface area contributed by atoms with Gasteiger partial charge in [0.1, 0.15) is 5.54 Å². The summed E-state index contributed by atoms with van der Waals surface area (Å²) in [4.78, 5) is 11.8. The summed E-state index contributed by atoms with van der Waals surface area (Å²) in [6.45, 7) is -0.0481. The third kappa shape index (κ3) is 6.95. The van der Waals surface area contributed by atoms with Crippen LogP contribution in [0.4, 0.5) is 0 Å². The van der Waals surface area contributed by atoms with Crippen LogP contribution < -0.4 is 11.1 Å². The zero-order chi connectivity index (χ0) is 21.3. The largest absolute Gasteiger partial charge is 0.480 e. The van der Waals surface area contributed by atoms with Crippen molar-refractivity contribution in [2.24, 2.45) is 5.73 Å². The Balaban J connectivity index is 2.13. The van der Waals surface area contributed by atoms with Crippen LogP contribution >= 0.6 is 0 Å². The summed E-state index contributed by atoms with van der Waals surface area (Å²) in [6.07, 6.45) is 0.354. The molecule has 0 spiro atoms. The van der Waals surface area contributed by atoms with Crippen molar-refractivity contribution in [3.8, 4) is 0 Å². The van der Waals surface area contributed by atoms with Crippen LogP contribution in [-0.4, -0.2) is 45.4 Å². The molecule has 0 radical (unpaired) electrons. The smallest absolute Gasteiger partial charge is 0.451 e. The highest BCUT2D eigenvalue weighted by atomic mass is 16.4. The maximum absolute atomic E-state index is 11.8. The molecule has 2 rings (SSSR count). The second-order valence-corrected chi connectivity index (χ2v) is 7.31. The first-order chi connectivity index (χ1) is 13.8. The van der Waals surface area contributed by atoms with E-state index in [1.807, 2.05) is 60.7 Å². The van der Waals surface area contributed by atoms with Gasteiger partial charge in [0.2, 0.25) is 0 Å². The van der Waals surface area contributed by atoms with Crippen molar-refractivity contribution in [1.29, 1.82) is 0 Å². The van der Waals surface area contributed by atoms with Crippen molar-refractivity contribution >= 4 is 13.1 Å². The lowest BCUT2D eigenvalue weighted by molar-refractivity contribution is -0.143. The first-order valence-electron chi connectivity index (χ1n) is 9.73. The molecule has 1 unspecified atom stereocenters. The Bertz CT molecular complexity index is 747. The van der Waals surface area contributed by atoms with Crippen molar-refractivity contribution in [3.63, 3.8) is 0 Å². The number of aliphatic hydroxyl groups is 1. The number of unbranched alkanes of at least 4 members (excludes halogenated alkanes) is 1. The van der Waals surface area contributed by atoms with E-state index in [1.54, 1.807) is 0 Å². The molecule has 29 heavy (non-hydrogen) atoms. The summed E-state index contributed by atoms with van der Waals surface area (Å²) >= 11 is 0. The molecule has 7 nitrogen and oxygen atoms in total. The Morgan fingerprint density at radius 2 is 1.55 bits per heavy atom. The SMILES string of the molecule is NC(CCCCB(O)O)(CN[C@H](c1ccccc1)[C@H](O)c1ccccc1)C(=O)O. The number of carboxylic acid groups (broad SMARTS) is 1. The molecule has 0 fully saturated rings. The van der Waals surface area contributed by atoms with Gasteiger partial charge >= 0.3 is 13.1 Å². The third-order valence-electron chi connectivity index (χ3n) is 5.01. The molecular weight excluding hydrogens is 371 g/mol. The van der Waals surface area contributed by atoms with Crippen molar-refractivity contribution in [2.45, 2.75) is 43.3 Å². The Morgan fingerprint density at radius 1 is 1.00 bits per heavy atom. The number of aliphatic carboxylic acids is 1. The number of benzene rings is 2. The van der Waals surface area contributed by atoms with Crippen LogP contribution in [0.3, 0.4) is 0 Å². The summed E-state index contributed by atoms with van der Waals surface area (Å²) in [5.74, 6) is -1.14. The van der Waals surface area contributed by atoms with Crippen LogP contribution in [0, 0.1) is 0 Å². The van der Waals surface area contributed by atoms with E-state index < -0.39 is 30.8 Å². The number of nitrogens with one attached hydrogen (secondary N) is 1. The average molecular weight is 400 g/mol. The second kappa shape index (κ2) is 11.1. The van der Waals surface area contributed by atoms with E-state index in [9.17, 15) is 15.0 Å². The first-order valence-corrected chi connectivity index (χ1v) is 9.73. The number of carboxylic acids is 1. The fraction of sp³-hybridized carbons (Fsp3) is 0.381. The molecule has 2 aromatic carbocycles. The summed E-state index contributed by atoms with van der Waals surface area (Å²) in [5, 5.41) is 41.6. The molecule has 0 aromatic heterocycles. The summed E-state index contributed by atoms with van der Waals surface area (Å²) in [5.41, 5.74) is 6.15. The molecule has 0 aliphatic rings. The van der Waals surface area contributed by atoms with Crippen LogP contribution in [0.2, 0.25) is 6.32 Å². The van der Waals surface area contributed by atoms with E-state index in [-0.39, 0.29) is 19.3 Å². The number of nitrogens with two attached hydrogens (primary N) is 1. The van der Waals surface area contributed by atoms with Gasteiger partial charge in [0.25, 0.3) is 0 Å². The quantitative estimate of drug-likeness (QED) is 0.235. The molecule has 156 valence electrons. The second-order valence-electron chi connectivity index (χ2n) is 7.31. The predicted octanol–water partition coefficient (Wildman–Crippen LogP) is 1.48. The molecule has 0 saturated carbocycles. The van der Waals surface area contributed by atoms with Gasteiger partial charge < -0.3 is 31.3 Å². The molecular formula is C21H29BN2O5. The minimum Gasteiger partial charge on any atom is -0.480 e. The van der Waals surface area contributed by atoms with Gasteiger partial charge in [-0.3, -0.25) is 4.79 Å². The maximum Gasteiger partial charge on any atom is 0.451 e.